The lowest BCUT2D eigenvalue weighted by Crippen LogP contribution is -2.29. The van der Waals surface area contributed by atoms with Crippen molar-refractivity contribution in [1.29, 1.82) is 0 Å². The van der Waals surface area contributed by atoms with Crippen LogP contribution in [0.25, 0.3) is 0 Å². The molecule has 0 bridgehead atoms. The topological polar surface area (TPSA) is 44.2 Å². The second-order valence-electron chi connectivity index (χ2n) is 6.02. The Morgan fingerprint density at radius 1 is 1.18 bits per heavy atom. The Kier molecular flexibility index (Phi) is 4.27. The zero-order valence-electron chi connectivity index (χ0n) is 13.4. The summed E-state index contributed by atoms with van der Waals surface area (Å²) in [4.78, 5) is 9.03. The van der Waals surface area contributed by atoms with Gasteiger partial charge in [0.2, 0.25) is 0 Å². The van der Waals surface area contributed by atoms with Crippen molar-refractivity contribution in [2.45, 2.75) is 45.6 Å². The molecule has 22 heavy (non-hydrogen) atoms. The highest BCUT2D eigenvalue weighted by atomic mass is 16.6. The van der Waals surface area contributed by atoms with Crippen LogP contribution in [0.15, 0.2) is 30.3 Å². The number of rotatable bonds is 4. The van der Waals surface area contributed by atoms with Gasteiger partial charge in [-0.1, -0.05) is 26.0 Å². The molecule has 0 fully saturated rings. The van der Waals surface area contributed by atoms with Crippen LogP contribution in [0, 0.1) is 6.92 Å². The number of hydrogen-bond donors (Lipinski definition) is 0. The first kappa shape index (κ1) is 14.8. The molecule has 2 aromatic rings. The maximum absolute atomic E-state index is 5.99. The normalized spacial score (nSPS) is 16.8. The molecule has 0 radical (unpaired) electrons. The van der Waals surface area contributed by atoms with Crippen LogP contribution in [0.4, 0.5) is 0 Å². The van der Waals surface area contributed by atoms with Crippen molar-refractivity contribution >= 4 is 0 Å². The molecule has 4 heteroatoms. The van der Waals surface area contributed by atoms with E-state index in [9.17, 15) is 0 Å². The number of aryl methyl sites for hydroxylation is 2. The molecule has 1 aromatic heterocycles. The zero-order chi connectivity index (χ0) is 15.5. The number of fused-ring (bicyclic) bond motifs is 1. The highest BCUT2D eigenvalue weighted by Crippen LogP contribution is 2.31. The van der Waals surface area contributed by atoms with Crippen molar-refractivity contribution in [2.24, 2.45) is 0 Å². The summed E-state index contributed by atoms with van der Waals surface area (Å²) in [7, 11) is 0. The van der Waals surface area contributed by atoms with Crippen molar-refractivity contribution in [1.82, 2.24) is 9.97 Å². The van der Waals surface area contributed by atoms with Crippen molar-refractivity contribution in [3.8, 4) is 11.5 Å². The maximum atomic E-state index is 5.99. The Hall–Kier alpha value is -2.10. The van der Waals surface area contributed by atoms with E-state index in [-0.39, 0.29) is 6.10 Å². The third kappa shape index (κ3) is 3.38. The van der Waals surface area contributed by atoms with E-state index in [1.165, 1.54) is 0 Å². The van der Waals surface area contributed by atoms with Gasteiger partial charge in [-0.3, -0.25) is 0 Å². The number of hydrogen-bond acceptors (Lipinski definition) is 4. The molecule has 0 saturated carbocycles. The Labute approximate surface area is 131 Å². The first-order valence-corrected chi connectivity index (χ1v) is 7.85. The maximum Gasteiger partial charge on any atom is 0.161 e. The van der Waals surface area contributed by atoms with Gasteiger partial charge in [0.1, 0.15) is 18.5 Å². The van der Waals surface area contributed by atoms with Gasteiger partial charge in [0, 0.05) is 11.4 Å². The first-order chi connectivity index (χ1) is 10.6. The van der Waals surface area contributed by atoms with Gasteiger partial charge in [-0.15, -0.1) is 0 Å². The van der Waals surface area contributed by atoms with Crippen molar-refractivity contribution < 1.29 is 9.47 Å². The Morgan fingerprint density at radius 2 is 1.95 bits per heavy atom. The Morgan fingerprint density at radius 3 is 2.73 bits per heavy atom. The summed E-state index contributed by atoms with van der Waals surface area (Å²) in [5, 5.41) is 0. The van der Waals surface area contributed by atoms with Crippen LogP contribution in [-0.4, -0.2) is 22.7 Å². The van der Waals surface area contributed by atoms with E-state index in [0.29, 0.717) is 12.5 Å². The van der Waals surface area contributed by atoms with Crippen molar-refractivity contribution in [2.75, 3.05) is 6.61 Å². The molecule has 2 heterocycles. The quantitative estimate of drug-likeness (QED) is 0.863. The van der Waals surface area contributed by atoms with Gasteiger partial charge >= 0.3 is 0 Å². The smallest absolute Gasteiger partial charge is 0.161 e. The Bertz CT molecular complexity index is 655. The van der Waals surface area contributed by atoms with Gasteiger partial charge in [0.25, 0.3) is 0 Å². The summed E-state index contributed by atoms with van der Waals surface area (Å²) in [6, 6.07) is 9.92. The summed E-state index contributed by atoms with van der Waals surface area (Å²) < 4.78 is 11.7. The molecule has 0 aliphatic carbocycles. The van der Waals surface area contributed by atoms with Crippen LogP contribution in [-0.2, 0) is 6.42 Å². The minimum atomic E-state index is 0.0765. The molecule has 3 rings (SSSR count). The summed E-state index contributed by atoms with van der Waals surface area (Å²) in [6.07, 6.45) is 1.84. The zero-order valence-corrected chi connectivity index (χ0v) is 13.4. The lowest BCUT2D eigenvalue weighted by Gasteiger charge is -2.26. The Balaban J connectivity index is 1.64. The predicted octanol–water partition coefficient (Wildman–Crippen LogP) is 3.68. The summed E-state index contributed by atoms with van der Waals surface area (Å²) in [5.41, 5.74) is 2.19. The number of para-hydroxylation sites is 2. The molecule has 0 saturated heterocycles. The van der Waals surface area contributed by atoms with E-state index in [0.717, 1.165) is 41.6 Å². The number of ether oxygens (including phenoxy) is 2. The van der Waals surface area contributed by atoms with E-state index in [1.54, 1.807) is 0 Å². The van der Waals surface area contributed by atoms with Crippen LogP contribution in [0.1, 0.15) is 43.4 Å². The molecule has 1 atom stereocenters. The molecule has 0 N–H and O–H groups in total. The molecule has 1 aromatic carbocycles. The van der Waals surface area contributed by atoms with Gasteiger partial charge in [0.05, 0.1) is 0 Å². The summed E-state index contributed by atoms with van der Waals surface area (Å²) in [6.45, 7) is 6.85. The molecule has 0 amide bonds. The van der Waals surface area contributed by atoms with Gasteiger partial charge in [-0.25, -0.2) is 9.97 Å². The highest BCUT2D eigenvalue weighted by Gasteiger charge is 2.20. The molecule has 0 unspecified atom stereocenters. The average Bonchev–Trinajstić information content (AvgIpc) is 2.52. The van der Waals surface area contributed by atoms with Crippen LogP contribution in [0.3, 0.4) is 0 Å². The van der Waals surface area contributed by atoms with Gasteiger partial charge < -0.3 is 9.47 Å². The monoisotopic (exact) mass is 298 g/mol. The fraction of sp³-hybridized carbons (Fsp3) is 0.444. The van der Waals surface area contributed by atoms with E-state index in [1.807, 2.05) is 31.2 Å². The molecule has 1 aliphatic rings. The molecule has 1 aliphatic heterocycles. The average molecular weight is 298 g/mol. The predicted molar refractivity (Wildman–Crippen MR) is 85.5 cm³/mol. The van der Waals surface area contributed by atoms with Crippen LogP contribution < -0.4 is 9.47 Å². The SMILES string of the molecule is Cc1nc(CC[C@@H]2COc3ccccc3O2)cc(C(C)C)n1. The molecule has 4 nitrogen and oxygen atoms in total. The molecule has 116 valence electrons. The van der Waals surface area contributed by atoms with Gasteiger partial charge in [-0.2, -0.15) is 0 Å². The van der Waals surface area contributed by atoms with Crippen LogP contribution in [0.2, 0.25) is 0 Å². The highest BCUT2D eigenvalue weighted by molar-refractivity contribution is 5.40. The largest absolute Gasteiger partial charge is 0.486 e. The van der Waals surface area contributed by atoms with E-state index in [4.69, 9.17) is 9.47 Å². The van der Waals surface area contributed by atoms with Crippen LogP contribution in [0.5, 0.6) is 11.5 Å². The fourth-order valence-corrected chi connectivity index (χ4v) is 2.59. The minimum absolute atomic E-state index is 0.0765. The number of nitrogens with zero attached hydrogens (tertiary/aromatic N) is 2. The summed E-state index contributed by atoms with van der Waals surface area (Å²) in [5.74, 6) is 2.92. The van der Waals surface area contributed by atoms with Gasteiger partial charge in [-0.05, 0) is 43.9 Å². The standard InChI is InChI=1S/C18H22N2O2/c1-12(2)16-10-14(19-13(3)20-16)8-9-15-11-21-17-6-4-5-7-18(17)22-15/h4-7,10,12,15H,8-9,11H2,1-3H3/t15-/m1/s1. The summed E-state index contributed by atoms with van der Waals surface area (Å²) >= 11 is 0. The second-order valence-corrected chi connectivity index (χ2v) is 6.02. The van der Waals surface area contributed by atoms with Gasteiger partial charge in [0.15, 0.2) is 11.5 Å². The van der Waals surface area contributed by atoms with Crippen LogP contribution >= 0.6 is 0 Å². The van der Waals surface area contributed by atoms with Crippen molar-refractivity contribution in [3.63, 3.8) is 0 Å². The van der Waals surface area contributed by atoms with E-state index < -0.39 is 0 Å². The lowest BCUT2D eigenvalue weighted by molar-refractivity contribution is 0.0849. The minimum Gasteiger partial charge on any atom is -0.486 e. The fourth-order valence-electron chi connectivity index (χ4n) is 2.59. The van der Waals surface area contributed by atoms with Crippen molar-refractivity contribution in [3.05, 3.63) is 47.5 Å². The van der Waals surface area contributed by atoms with E-state index >= 15 is 0 Å². The molecular formula is C18H22N2O2. The number of benzene rings is 1. The lowest BCUT2D eigenvalue weighted by atomic mass is 10.1. The first-order valence-electron chi connectivity index (χ1n) is 7.85. The number of aromatic nitrogens is 2. The molecule has 0 spiro atoms. The molecular weight excluding hydrogens is 276 g/mol. The second kappa shape index (κ2) is 6.34. The third-order valence-corrected chi connectivity index (χ3v) is 3.79. The van der Waals surface area contributed by atoms with E-state index in [2.05, 4.69) is 29.9 Å². The third-order valence-electron chi connectivity index (χ3n) is 3.79.